The van der Waals surface area contributed by atoms with Gasteiger partial charge in [0.1, 0.15) is 13.2 Å². The third-order valence-electron chi connectivity index (χ3n) is 14.2. The van der Waals surface area contributed by atoms with E-state index in [9.17, 15) is 19.4 Å². The van der Waals surface area contributed by atoms with Gasteiger partial charge in [0.15, 0.2) is 0 Å². The number of hydrogen-bond donors (Lipinski definition) is 2. The van der Waals surface area contributed by atoms with Crippen molar-refractivity contribution in [3.05, 3.63) is 48.6 Å². The van der Waals surface area contributed by atoms with Crippen molar-refractivity contribution in [1.29, 1.82) is 0 Å². The highest BCUT2D eigenvalue weighted by atomic mass is 31.2. The summed E-state index contributed by atoms with van der Waals surface area (Å²) < 4.78 is 23.4. The van der Waals surface area contributed by atoms with Crippen LogP contribution in [0.3, 0.4) is 0 Å². The highest BCUT2D eigenvalue weighted by molar-refractivity contribution is 7.45. The Morgan fingerprint density at radius 2 is 0.767 bits per heavy atom. The zero-order chi connectivity index (χ0) is 53.5. The second-order valence-corrected chi connectivity index (χ2v) is 24.2. The number of allylic oxidation sites excluding steroid dienone is 7. The minimum Gasteiger partial charge on any atom is -0.756 e. The maximum absolute atomic E-state index is 13.0. The van der Waals surface area contributed by atoms with Crippen LogP contribution in [0.2, 0.25) is 0 Å². The predicted octanol–water partition coefficient (Wildman–Crippen LogP) is 18.9. The lowest BCUT2D eigenvalue weighted by atomic mass is 10.0. The summed E-state index contributed by atoms with van der Waals surface area (Å²) in [6, 6.07) is -0.912. The molecule has 3 unspecified atom stereocenters. The van der Waals surface area contributed by atoms with E-state index in [1.165, 1.54) is 238 Å². The Kier molecular flexibility index (Phi) is 54.1. The van der Waals surface area contributed by atoms with Gasteiger partial charge in [-0.2, -0.15) is 0 Å². The molecule has 0 radical (unpaired) electrons. The molecule has 0 aliphatic rings. The van der Waals surface area contributed by atoms with Crippen LogP contribution >= 0.6 is 7.82 Å². The van der Waals surface area contributed by atoms with Gasteiger partial charge in [-0.3, -0.25) is 9.36 Å². The summed E-state index contributed by atoms with van der Waals surface area (Å²) >= 11 is 0. The fourth-order valence-corrected chi connectivity index (χ4v) is 10.0. The molecule has 0 fully saturated rings. The summed E-state index contributed by atoms with van der Waals surface area (Å²) in [5.74, 6) is -0.210. The molecule has 430 valence electrons. The Hall–Kier alpha value is -1.54. The summed E-state index contributed by atoms with van der Waals surface area (Å²) in [7, 11) is 1.24. The SMILES string of the molecule is CCCCCCCCCCCCCC/C=C\CCCCCCCCCCCCC(=O)NC(COP(=O)([O-])OCC[N+](C)(C)C)C(O)/C=C/CC/C=C/CC/C=C/CCCCCCCCCCCCCCCCC. The number of rotatable bonds is 58. The number of amides is 1. The molecule has 0 heterocycles. The van der Waals surface area contributed by atoms with E-state index in [0.29, 0.717) is 17.4 Å². The van der Waals surface area contributed by atoms with Crippen LogP contribution in [-0.4, -0.2) is 68.5 Å². The molecule has 0 aromatic carbocycles. The standard InChI is InChI=1S/C64H123N2O6P/c1-6-8-10-12-14-16-18-20-22-24-26-28-30-32-34-36-38-40-42-44-46-48-50-52-54-56-58-64(68)65-62(61-72-73(69,70)71-60-59-66(3,4)5)63(67)57-55-53-51-49-47-45-43-41-39-37-35-33-31-29-27-25-23-21-19-17-15-13-11-9-7-2/h32,34,39,41,47,49,55,57,62-63,67H,6-31,33,35-38,40,42-46,48,50-54,56,58-61H2,1-5H3,(H-,65,68,69,70)/b34-32-,41-39+,49-47+,57-55+. The van der Waals surface area contributed by atoms with Crippen molar-refractivity contribution in [3.8, 4) is 0 Å². The number of phosphoric acid groups is 1. The lowest BCUT2D eigenvalue weighted by Crippen LogP contribution is -2.45. The molecular weight excluding hydrogens is 924 g/mol. The highest BCUT2D eigenvalue weighted by Gasteiger charge is 2.23. The van der Waals surface area contributed by atoms with E-state index in [1.807, 2.05) is 27.2 Å². The van der Waals surface area contributed by atoms with Crippen LogP contribution in [0.1, 0.15) is 303 Å². The first-order valence-corrected chi connectivity index (χ1v) is 33.0. The Morgan fingerprint density at radius 1 is 0.466 bits per heavy atom. The van der Waals surface area contributed by atoms with E-state index >= 15 is 0 Å². The molecule has 0 rings (SSSR count). The fourth-order valence-electron chi connectivity index (χ4n) is 9.30. The number of phosphoric ester groups is 1. The summed E-state index contributed by atoms with van der Waals surface area (Å²) in [6.45, 7) is 4.66. The Balaban J connectivity index is 4.22. The number of nitrogens with one attached hydrogen (secondary N) is 1. The summed E-state index contributed by atoms with van der Waals surface area (Å²) in [4.78, 5) is 25.5. The van der Waals surface area contributed by atoms with Crippen LogP contribution in [0.4, 0.5) is 0 Å². The first-order chi connectivity index (χ1) is 35.5. The van der Waals surface area contributed by atoms with Gasteiger partial charge < -0.3 is 28.8 Å². The van der Waals surface area contributed by atoms with Crippen molar-refractivity contribution < 1.29 is 32.9 Å². The second kappa shape index (κ2) is 55.2. The van der Waals surface area contributed by atoms with Crippen LogP contribution in [-0.2, 0) is 18.4 Å². The molecule has 0 saturated carbocycles. The molecule has 8 nitrogen and oxygen atoms in total. The minimum atomic E-state index is -4.61. The van der Waals surface area contributed by atoms with E-state index in [2.05, 4.69) is 55.6 Å². The topological polar surface area (TPSA) is 108 Å². The number of carbonyl (C=O) groups is 1. The van der Waals surface area contributed by atoms with Gasteiger partial charge in [-0.25, -0.2) is 0 Å². The first-order valence-electron chi connectivity index (χ1n) is 31.5. The number of nitrogens with zero attached hydrogens (tertiary/aromatic N) is 1. The van der Waals surface area contributed by atoms with Crippen LogP contribution in [0.25, 0.3) is 0 Å². The zero-order valence-corrected chi connectivity index (χ0v) is 50.0. The molecule has 0 bridgehead atoms. The van der Waals surface area contributed by atoms with Gasteiger partial charge in [-0.15, -0.1) is 0 Å². The van der Waals surface area contributed by atoms with Crippen molar-refractivity contribution >= 4 is 13.7 Å². The van der Waals surface area contributed by atoms with Gasteiger partial charge in [0.25, 0.3) is 7.82 Å². The Bertz CT molecular complexity index is 1330. The third-order valence-corrected chi connectivity index (χ3v) is 15.2. The number of carbonyl (C=O) groups excluding carboxylic acids is 1. The number of hydrogen-bond acceptors (Lipinski definition) is 6. The number of likely N-dealkylation sites (N-methyl/N-ethyl adjacent to an activating group) is 1. The van der Waals surface area contributed by atoms with Crippen molar-refractivity contribution in [2.24, 2.45) is 0 Å². The van der Waals surface area contributed by atoms with E-state index in [0.717, 1.165) is 44.9 Å². The summed E-state index contributed by atoms with van der Waals surface area (Å²) in [5, 5.41) is 13.9. The molecule has 73 heavy (non-hydrogen) atoms. The smallest absolute Gasteiger partial charge is 0.268 e. The number of unbranched alkanes of at least 4 members (excludes halogenated alkanes) is 39. The maximum Gasteiger partial charge on any atom is 0.268 e. The highest BCUT2D eigenvalue weighted by Crippen LogP contribution is 2.38. The van der Waals surface area contributed by atoms with E-state index in [1.54, 1.807) is 6.08 Å². The average molecular weight is 1050 g/mol. The lowest BCUT2D eigenvalue weighted by molar-refractivity contribution is -0.870. The summed E-state index contributed by atoms with van der Waals surface area (Å²) in [6.07, 6.45) is 73.5. The molecule has 0 spiro atoms. The number of aliphatic hydroxyl groups excluding tert-OH is 1. The van der Waals surface area contributed by atoms with Gasteiger partial charge in [-0.05, 0) is 70.6 Å². The van der Waals surface area contributed by atoms with E-state index < -0.39 is 26.6 Å². The van der Waals surface area contributed by atoms with Crippen LogP contribution in [0.15, 0.2) is 48.6 Å². The zero-order valence-electron chi connectivity index (χ0n) is 49.1. The molecule has 0 aromatic heterocycles. The van der Waals surface area contributed by atoms with Crippen LogP contribution < -0.4 is 10.2 Å². The summed E-state index contributed by atoms with van der Waals surface area (Å²) in [5.41, 5.74) is 0. The molecule has 0 aromatic rings. The molecule has 9 heteroatoms. The largest absolute Gasteiger partial charge is 0.756 e. The molecular formula is C64H123N2O6P. The van der Waals surface area contributed by atoms with Gasteiger partial charge in [0.05, 0.1) is 39.9 Å². The quantitative estimate of drug-likeness (QED) is 0.0272. The van der Waals surface area contributed by atoms with Crippen molar-refractivity contribution in [3.63, 3.8) is 0 Å². The van der Waals surface area contributed by atoms with Crippen LogP contribution in [0, 0.1) is 0 Å². The second-order valence-electron chi connectivity index (χ2n) is 22.7. The van der Waals surface area contributed by atoms with E-state index in [-0.39, 0.29) is 12.5 Å². The molecule has 3 atom stereocenters. The molecule has 2 N–H and O–H groups in total. The normalized spacial score (nSPS) is 14.1. The first kappa shape index (κ1) is 71.5. The Morgan fingerprint density at radius 3 is 1.11 bits per heavy atom. The number of aliphatic hydroxyl groups is 1. The third kappa shape index (κ3) is 58.0. The number of quaternary nitrogens is 1. The lowest BCUT2D eigenvalue weighted by Gasteiger charge is -2.29. The predicted molar refractivity (Wildman–Crippen MR) is 316 cm³/mol. The van der Waals surface area contributed by atoms with Gasteiger partial charge in [0, 0.05) is 6.42 Å². The van der Waals surface area contributed by atoms with Crippen molar-refractivity contribution in [2.45, 2.75) is 315 Å². The fraction of sp³-hybridized carbons (Fsp3) is 0.859. The van der Waals surface area contributed by atoms with Gasteiger partial charge in [0.2, 0.25) is 5.91 Å². The molecule has 0 saturated heterocycles. The average Bonchev–Trinajstić information content (AvgIpc) is 3.35. The molecule has 0 aliphatic carbocycles. The van der Waals surface area contributed by atoms with E-state index in [4.69, 9.17) is 9.05 Å². The van der Waals surface area contributed by atoms with Gasteiger partial charge >= 0.3 is 0 Å². The minimum absolute atomic E-state index is 0.00937. The van der Waals surface area contributed by atoms with Crippen molar-refractivity contribution in [2.75, 3.05) is 40.9 Å². The molecule has 1 amide bonds. The van der Waals surface area contributed by atoms with Gasteiger partial charge in [-0.1, -0.05) is 274 Å². The molecule has 0 aliphatic heterocycles. The van der Waals surface area contributed by atoms with Crippen molar-refractivity contribution in [1.82, 2.24) is 5.32 Å². The Labute approximate surface area is 454 Å². The monoisotopic (exact) mass is 1050 g/mol. The maximum atomic E-state index is 13.0. The van der Waals surface area contributed by atoms with Crippen LogP contribution in [0.5, 0.6) is 0 Å².